The molecule has 0 saturated carbocycles. The van der Waals surface area contributed by atoms with Crippen molar-refractivity contribution < 1.29 is 4.39 Å². The standard InChI is InChI=1S/C9H8F.3C4H9.Sn/c1-2-3-8-4-6-9(10)7-5-8;3*1-3-4-2;/h4-7H,1,3H2;3*1,3-4H2,2H3;. The Kier molecular flexibility index (Phi) is 10.2. The summed E-state index contributed by atoms with van der Waals surface area (Å²) in [6.07, 6.45) is 8.96. The maximum absolute atomic E-state index is 13.1. The van der Waals surface area contributed by atoms with E-state index in [-0.39, 0.29) is 5.82 Å². The third kappa shape index (κ3) is 6.99. The fourth-order valence-electron chi connectivity index (χ4n) is 3.49. The van der Waals surface area contributed by atoms with Crippen LogP contribution in [0.4, 0.5) is 4.39 Å². The van der Waals surface area contributed by atoms with E-state index >= 15 is 0 Å². The van der Waals surface area contributed by atoms with Gasteiger partial charge in [0.15, 0.2) is 0 Å². The number of benzene rings is 1. The third-order valence-corrected chi connectivity index (χ3v) is 21.1. The average molecular weight is 425 g/mol. The predicted octanol–water partition coefficient (Wildman–Crippen LogP) is 7.31. The molecule has 0 radical (unpaired) electrons. The summed E-state index contributed by atoms with van der Waals surface area (Å²) in [5.41, 5.74) is 1.24. The Morgan fingerprint density at radius 3 is 1.70 bits per heavy atom. The molecule has 23 heavy (non-hydrogen) atoms. The SMILES string of the molecule is C=[C](Cc1ccc(F)cc1)[Sn]([CH2]CCC)([CH2]CCC)[CH2]CCC. The van der Waals surface area contributed by atoms with Crippen LogP contribution in [0.25, 0.3) is 0 Å². The first-order chi connectivity index (χ1) is 11.1. The summed E-state index contributed by atoms with van der Waals surface area (Å²) >= 11 is -2.33. The number of halogens is 1. The maximum atomic E-state index is 13.1. The summed E-state index contributed by atoms with van der Waals surface area (Å²) in [7, 11) is 0. The second-order valence-electron chi connectivity index (χ2n) is 7.00. The molecule has 1 aromatic carbocycles. The topological polar surface area (TPSA) is 0 Å². The Labute approximate surface area is 147 Å². The predicted molar refractivity (Wildman–Crippen MR) is 104 cm³/mol. The molecule has 0 nitrogen and oxygen atoms in total. The zero-order chi connectivity index (χ0) is 17.1. The monoisotopic (exact) mass is 426 g/mol. The van der Waals surface area contributed by atoms with Crippen LogP contribution in [0.5, 0.6) is 0 Å². The number of unbranched alkanes of at least 4 members (excludes halogenated alkanes) is 3. The van der Waals surface area contributed by atoms with E-state index < -0.39 is 18.4 Å². The van der Waals surface area contributed by atoms with Crippen molar-refractivity contribution in [2.45, 2.75) is 79.0 Å². The molecule has 0 aliphatic carbocycles. The van der Waals surface area contributed by atoms with E-state index in [0.29, 0.717) is 0 Å². The molecule has 2 heteroatoms. The van der Waals surface area contributed by atoms with Gasteiger partial charge >= 0.3 is 148 Å². The zero-order valence-electron chi connectivity index (χ0n) is 15.5. The molecule has 0 unspecified atom stereocenters. The van der Waals surface area contributed by atoms with Gasteiger partial charge in [-0.2, -0.15) is 0 Å². The molecule has 0 aliphatic heterocycles. The van der Waals surface area contributed by atoms with Crippen molar-refractivity contribution in [2.75, 3.05) is 0 Å². The van der Waals surface area contributed by atoms with Gasteiger partial charge in [-0.1, -0.05) is 0 Å². The fraction of sp³-hybridized carbons (Fsp3) is 0.619. The number of rotatable bonds is 12. The van der Waals surface area contributed by atoms with Gasteiger partial charge in [0.05, 0.1) is 0 Å². The summed E-state index contributed by atoms with van der Waals surface area (Å²) in [6, 6.07) is 7.06. The van der Waals surface area contributed by atoms with E-state index in [0.717, 1.165) is 6.42 Å². The first kappa shape index (κ1) is 20.7. The average Bonchev–Trinajstić information content (AvgIpc) is 2.56. The van der Waals surface area contributed by atoms with Crippen LogP contribution in [0, 0.1) is 5.82 Å². The first-order valence-electron chi connectivity index (χ1n) is 9.50. The molecule has 1 rings (SSSR count). The van der Waals surface area contributed by atoms with Crippen molar-refractivity contribution in [1.29, 1.82) is 0 Å². The van der Waals surface area contributed by atoms with Crippen molar-refractivity contribution in [3.8, 4) is 0 Å². The van der Waals surface area contributed by atoms with E-state index in [1.807, 2.05) is 12.1 Å². The van der Waals surface area contributed by atoms with Crippen LogP contribution in [0.1, 0.15) is 64.9 Å². The molecule has 0 heterocycles. The Bertz CT molecular complexity index is 428. The van der Waals surface area contributed by atoms with Crippen LogP contribution in [0.2, 0.25) is 13.3 Å². The van der Waals surface area contributed by atoms with E-state index in [1.54, 1.807) is 15.7 Å². The van der Waals surface area contributed by atoms with Crippen molar-refractivity contribution in [2.24, 2.45) is 0 Å². The molecule has 130 valence electrons. The van der Waals surface area contributed by atoms with Crippen LogP contribution < -0.4 is 0 Å². The van der Waals surface area contributed by atoms with E-state index in [2.05, 4.69) is 27.4 Å². The second kappa shape index (κ2) is 11.3. The Morgan fingerprint density at radius 1 is 0.870 bits per heavy atom. The third-order valence-electron chi connectivity index (χ3n) is 5.11. The van der Waals surface area contributed by atoms with Crippen LogP contribution >= 0.6 is 0 Å². The number of hydrogen-bond donors (Lipinski definition) is 0. The van der Waals surface area contributed by atoms with E-state index in [4.69, 9.17) is 0 Å². The van der Waals surface area contributed by atoms with Crippen molar-refractivity contribution >= 4 is 18.4 Å². The number of hydrogen-bond acceptors (Lipinski definition) is 0. The van der Waals surface area contributed by atoms with Gasteiger partial charge in [0.25, 0.3) is 0 Å². The molecular formula is C21H35FSn. The molecule has 0 aromatic heterocycles. The molecule has 0 spiro atoms. The summed E-state index contributed by atoms with van der Waals surface area (Å²) in [6.45, 7) is 11.5. The van der Waals surface area contributed by atoms with Gasteiger partial charge in [-0.25, -0.2) is 0 Å². The normalized spacial score (nSPS) is 11.7. The molecule has 0 amide bonds. The van der Waals surface area contributed by atoms with Gasteiger partial charge in [0.1, 0.15) is 0 Å². The number of allylic oxidation sites excluding steroid dienone is 1. The van der Waals surface area contributed by atoms with Gasteiger partial charge in [-0.05, 0) is 0 Å². The molecular weight excluding hydrogens is 390 g/mol. The quantitative estimate of drug-likeness (QED) is 0.308. The Balaban J connectivity index is 2.92. The van der Waals surface area contributed by atoms with Crippen molar-refractivity contribution in [1.82, 2.24) is 0 Å². The molecule has 0 bridgehead atoms. The Morgan fingerprint density at radius 2 is 1.30 bits per heavy atom. The minimum atomic E-state index is -2.33. The van der Waals surface area contributed by atoms with Gasteiger partial charge in [0, 0.05) is 0 Å². The van der Waals surface area contributed by atoms with Crippen LogP contribution in [-0.2, 0) is 6.42 Å². The van der Waals surface area contributed by atoms with Crippen LogP contribution in [-0.4, -0.2) is 18.4 Å². The molecule has 0 N–H and O–H groups in total. The molecule has 0 saturated heterocycles. The fourth-order valence-corrected chi connectivity index (χ4v) is 19.1. The summed E-state index contributed by atoms with van der Waals surface area (Å²) in [5.74, 6) is -0.142. The van der Waals surface area contributed by atoms with Crippen molar-refractivity contribution in [3.05, 3.63) is 45.8 Å². The minimum absolute atomic E-state index is 0.142. The molecule has 0 fully saturated rings. The van der Waals surface area contributed by atoms with Crippen LogP contribution in [0.15, 0.2) is 34.4 Å². The van der Waals surface area contributed by atoms with Crippen molar-refractivity contribution in [3.63, 3.8) is 0 Å². The van der Waals surface area contributed by atoms with Gasteiger partial charge in [-0.3, -0.25) is 0 Å². The zero-order valence-corrected chi connectivity index (χ0v) is 18.3. The first-order valence-corrected chi connectivity index (χ1v) is 17.0. The second-order valence-corrected chi connectivity index (χ2v) is 20.6. The van der Waals surface area contributed by atoms with Gasteiger partial charge < -0.3 is 0 Å². The van der Waals surface area contributed by atoms with E-state index in [9.17, 15) is 4.39 Å². The van der Waals surface area contributed by atoms with Crippen LogP contribution in [0.3, 0.4) is 0 Å². The van der Waals surface area contributed by atoms with Gasteiger partial charge in [0.2, 0.25) is 0 Å². The van der Waals surface area contributed by atoms with Gasteiger partial charge in [-0.15, -0.1) is 0 Å². The summed E-state index contributed by atoms with van der Waals surface area (Å²) in [5, 5.41) is 0. The molecule has 0 aliphatic rings. The van der Waals surface area contributed by atoms with E-state index in [1.165, 1.54) is 57.4 Å². The molecule has 1 aromatic rings. The summed E-state index contributed by atoms with van der Waals surface area (Å²) < 4.78 is 19.1. The Hall–Kier alpha value is -0.311. The summed E-state index contributed by atoms with van der Waals surface area (Å²) in [4.78, 5) is 0. The molecule has 0 atom stereocenters.